The number of unbranched alkanes of at least 4 members (excludes halogenated alkanes) is 1. The third-order valence-corrected chi connectivity index (χ3v) is 1.03. The molecule has 0 saturated heterocycles. The molecule has 0 amide bonds. The Kier molecular flexibility index (Phi) is 12.6. The number of carbonyl (C=O) groups excluding carboxylic acids is 1. The van der Waals surface area contributed by atoms with Crippen LogP contribution in [-0.2, 0) is 14.3 Å². The molecule has 0 radical (unpaired) electrons. The van der Waals surface area contributed by atoms with Crippen LogP contribution in [0.2, 0.25) is 0 Å². The van der Waals surface area contributed by atoms with E-state index in [2.05, 4.69) is 11.3 Å². The minimum atomic E-state index is -0.981. The first-order valence-electron chi connectivity index (χ1n) is 4.14. The molecule has 0 rings (SSSR count). The predicted molar refractivity (Wildman–Crippen MR) is 50.8 cm³/mol. The summed E-state index contributed by atoms with van der Waals surface area (Å²) in [5.41, 5.74) is 0. The molecule has 0 atom stereocenters. The van der Waals surface area contributed by atoms with E-state index in [4.69, 9.17) is 10.2 Å². The molecule has 0 spiro atoms. The molecule has 5 heteroatoms. The van der Waals surface area contributed by atoms with Crippen molar-refractivity contribution < 1.29 is 24.5 Å². The number of carbonyl (C=O) groups is 2. The van der Waals surface area contributed by atoms with Crippen molar-refractivity contribution in [1.29, 1.82) is 0 Å². The Hall–Kier alpha value is -1.36. The molecule has 0 unspecified atom stereocenters. The fourth-order valence-electron chi connectivity index (χ4n) is 0.430. The van der Waals surface area contributed by atoms with E-state index in [1.807, 2.05) is 0 Å². The van der Waals surface area contributed by atoms with E-state index < -0.39 is 5.97 Å². The highest BCUT2D eigenvalue weighted by Gasteiger charge is 1.90. The lowest BCUT2D eigenvalue weighted by atomic mass is 10.3. The summed E-state index contributed by atoms with van der Waals surface area (Å²) < 4.78 is 4.59. The first kappa shape index (κ1) is 15.1. The topological polar surface area (TPSA) is 83.8 Å². The summed E-state index contributed by atoms with van der Waals surface area (Å²) in [6.45, 7) is 4.93. The highest BCUT2D eigenvalue weighted by atomic mass is 16.5. The average molecular weight is 204 g/mol. The van der Waals surface area contributed by atoms with Gasteiger partial charge < -0.3 is 14.9 Å². The molecule has 2 N–H and O–H groups in total. The summed E-state index contributed by atoms with van der Waals surface area (Å²) >= 11 is 0. The van der Waals surface area contributed by atoms with Gasteiger partial charge in [0.05, 0.1) is 6.61 Å². The van der Waals surface area contributed by atoms with E-state index in [1.165, 1.54) is 6.92 Å². The average Bonchev–Trinajstić information content (AvgIpc) is 2.13. The summed E-state index contributed by atoms with van der Waals surface area (Å²) in [5.74, 6) is -1.24. The molecule has 0 bridgehead atoms. The number of carboxylic acid groups (broad SMARTS) is 1. The lowest BCUT2D eigenvalue weighted by Crippen LogP contribution is -2.00. The third kappa shape index (κ3) is 22.4. The van der Waals surface area contributed by atoms with Crippen LogP contribution in [0.25, 0.3) is 0 Å². The molecule has 0 aliphatic carbocycles. The minimum Gasteiger partial charge on any atom is -0.478 e. The Balaban J connectivity index is 0. The Labute approximate surface area is 83.0 Å². The van der Waals surface area contributed by atoms with E-state index in [0.29, 0.717) is 13.0 Å². The third-order valence-electron chi connectivity index (χ3n) is 1.03. The number of hydrogen-bond acceptors (Lipinski definition) is 4. The number of aliphatic hydroxyl groups is 1. The Morgan fingerprint density at radius 2 is 1.93 bits per heavy atom. The molecular formula is C9H16O5. The second kappa shape index (κ2) is 11.6. The maximum absolute atomic E-state index is 10.1. The van der Waals surface area contributed by atoms with Gasteiger partial charge in [-0.2, -0.15) is 0 Å². The van der Waals surface area contributed by atoms with Crippen molar-refractivity contribution in [2.75, 3.05) is 13.2 Å². The number of carboxylic acids is 1. The van der Waals surface area contributed by atoms with Gasteiger partial charge in [0.1, 0.15) is 0 Å². The van der Waals surface area contributed by atoms with Gasteiger partial charge in [-0.3, -0.25) is 4.79 Å². The normalized spacial score (nSPS) is 8.14. The minimum absolute atomic E-state index is 0.168. The van der Waals surface area contributed by atoms with Crippen LogP contribution in [0.1, 0.15) is 19.8 Å². The number of aliphatic hydroxyl groups excluding tert-OH is 1. The van der Waals surface area contributed by atoms with Crippen molar-refractivity contribution in [3.05, 3.63) is 12.7 Å². The summed E-state index contributed by atoms with van der Waals surface area (Å²) in [5, 5.41) is 15.9. The van der Waals surface area contributed by atoms with Crippen LogP contribution in [-0.4, -0.2) is 35.4 Å². The van der Waals surface area contributed by atoms with Crippen molar-refractivity contribution >= 4 is 11.9 Å². The summed E-state index contributed by atoms with van der Waals surface area (Å²) in [4.78, 5) is 19.4. The van der Waals surface area contributed by atoms with Gasteiger partial charge in [-0.15, -0.1) is 0 Å². The van der Waals surface area contributed by atoms with Gasteiger partial charge in [0.15, 0.2) is 0 Å². The van der Waals surface area contributed by atoms with E-state index in [-0.39, 0.29) is 12.6 Å². The molecule has 0 aliphatic heterocycles. The van der Waals surface area contributed by atoms with Crippen molar-refractivity contribution in [2.24, 2.45) is 0 Å². The quantitative estimate of drug-likeness (QED) is 0.389. The van der Waals surface area contributed by atoms with Crippen molar-refractivity contribution in [3.8, 4) is 0 Å². The first-order valence-corrected chi connectivity index (χ1v) is 4.14. The fourth-order valence-corrected chi connectivity index (χ4v) is 0.430. The highest BCUT2D eigenvalue weighted by Crippen LogP contribution is 1.87. The molecule has 5 nitrogen and oxygen atoms in total. The molecule has 0 aromatic heterocycles. The summed E-state index contributed by atoms with van der Waals surface area (Å²) in [6.07, 6.45) is 2.28. The second-order valence-electron chi connectivity index (χ2n) is 2.31. The Morgan fingerprint density at radius 1 is 1.43 bits per heavy atom. The molecule has 0 aromatic carbocycles. The zero-order valence-electron chi connectivity index (χ0n) is 8.23. The van der Waals surface area contributed by atoms with Crippen molar-refractivity contribution in [3.63, 3.8) is 0 Å². The van der Waals surface area contributed by atoms with Crippen LogP contribution in [0.5, 0.6) is 0 Å². The predicted octanol–water partition coefficient (Wildman–Crippen LogP) is 0.579. The molecular weight excluding hydrogens is 188 g/mol. The van der Waals surface area contributed by atoms with Gasteiger partial charge in [0.2, 0.25) is 0 Å². The zero-order valence-corrected chi connectivity index (χ0v) is 8.23. The number of esters is 1. The van der Waals surface area contributed by atoms with E-state index in [9.17, 15) is 9.59 Å². The smallest absolute Gasteiger partial charge is 0.327 e. The Bertz CT molecular complexity index is 176. The summed E-state index contributed by atoms with van der Waals surface area (Å²) in [6, 6.07) is 0. The van der Waals surface area contributed by atoms with Crippen LogP contribution < -0.4 is 0 Å². The van der Waals surface area contributed by atoms with Crippen LogP contribution in [0.3, 0.4) is 0 Å². The lowest BCUT2D eigenvalue weighted by Gasteiger charge is -1.97. The van der Waals surface area contributed by atoms with Crippen LogP contribution in [0.4, 0.5) is 0 Å². The van der Waals surface area contributed by atoms with Crippen LogP contribution >= 0.6 is 0 Å². The molecule has 0 saturated carbocycles. The largest absolute Gasteiger partial charge is 0.478 e. The number of aliphatic carboxylic acids is 1. The zero-order chi connectivity index (χ0) is 11.4. The highest BCUT2D eigenvalue weighted by molar-refractivity contribution is 5.78. The number of hydrogen-bond donors (Lipinski definition) is 2. The summed E-state index contributed by atoms with van der Waals surface area (Å²) in [7, 11) is 0. The number of rotatable bonds is 5. The van der Waals surface area contributed by atoms with Crippen molar-refractivity contribution in [2.45, 2.75) is 19.8 Å². The van der Waals surface area contributed by atoms with Gasteiger partial charge in [-0.25, -0.2) is 4.79 Å². The standard InChI is InChI=1S/C6H12O3.C3H4O2/c1-6(8)9-5-3-2-4-7;1-2-3(4)5/h7H,2-5H2,1H3;2H,1H2,(H,4,5). The first-order chi connectivity index (χ1) is 6.54. The van der Waals surface area contributed by atoms with Gasteiger partial charge >= 0.3 is 11.9 Å². The maximum Gasteiger partial charge on any atom is 0.327 e. The van der Waals surface area contributed by atoms with Crippen LogP contribution in [0.15, 0.2) is 12.7 Å². The molecule has 0 heterocycles. The van der Waals surface area contributed by atoms with Gasteiger partial charge in [0, 0.05) is 19.6 Å². The van der Waals surface area contributed by atoms with Gasteiger partial charge in [0.25, 0.3) is 0 Å². The molecule has 82 valence electrons. The van der Waals surface area contributed by atoms with Crippen molar-refractivity contribution in [1.82, 2.24) is 0 Å². The second-order valence-corrected chi connectivity index (χ2v) is 2.31. The van der Waals surface area contributed by atoms with E-state index in [0.717, 1.165) is 12.5 Å². The fraction of sp³-hybridized carbons (Fsp3) is 0.556. The van der Waals surface area contributed by atoms with Gasteiger partial charge in [-0.05, 0) is 12.8 Å². The Morgan fingerprint density at radius 3 is 2.21 bits per heavy atom. The molecule has 0 aliphatic rings. The van der Waals surface area contributed by atoms with E-state index >= 15 is 0 Å². The maximum atomic E-state index is 10.1. The monoisotopic (exact) mass is 204 g/mol. The van der Waals surface area contributed by atoms with Crippen LogP contribution in [0, 0.1) is 0 Å². The van der Waals surface area contributed by atoms with Gasteiger partial charge in [-0.1, -0.05) is 6.58 Å². The van der Waals surface area contributed by atoms with E-state index in [1.54, 1.807) is 0 Å². The molecule has 0 fully saturated rings. The SMILES string of the molecule is C=CC(=O)O.CC(=O)OCCCCO. The molecule has 14 heavy (non-hydrogen) atoms. The number of ether oxygens (including phenoxy) is 1. The molecule has 0 aromatic rings. The lowest BCUT2D eigenvalue weighted by molar-refractivity contribution is -0.141.